The first-order chi connectivity index (χ1) is 16.2. The van der Waals surface area contributed by atoms with Crippen molar-refractivity contribution in [2.75, 3.05) is 16.7 Å². The van der Waals surface area contributed by atoms with E-state index in [-0.39, 0.29) is 15.3 Å². The minimum absolute atomic E-state index is 0.0671. The number of anilines is 2. The zero-order valence-corrected chi connectivity index (χ0v) is 19.9. The molecule has 0 unspecified atom stereocenters. The summed E-state index contributed by atoms with van der Waals surface area (Å²) < 4.78 is 55.9. The summed E-state index contributed by atoms with van der Waals surface area (Å²) in [5, 5.41) is 4.13. The van der Waals surface area contributed by atoms with Gasteiger partial charge in [-0.15, -0.1) is 11.3 Å². The first-order valence-corrected chi connectivity index (χ1v) is 12.5. The molecule has 3 aromatic carbocycles. The van der Waals surface area contributed by atoms with Crippen molar-refractivity contribution in [3.63, 3.8) is 0 Å². The second-order valence-electron chi connectivity index (χ2n) is 7.59. The van der Waals surface area contributed by atoms with Crippen LogP contribution in [0, 0.1) is 18.6 Å². The number of halogens is 2. The number of benzene rings is 3. The molecule has 174 valence electrons. The molecule has 0 saturated carbocycles. The van der Waals surface area contributed by atoms with Crippen molar-refractivity contribution in [1.82, 2.24) is 0 Å². The predicted molar refractivity (Wildman–Crippen MR) is 131 cm³/mol. The Morgan fingerprint density at radius 1 is 0.941 bits per heavy atom. The zero-order chi connectivity index (χ0) is 24.5. The van der Waals surface area contributed by atoms with E-state index < -0.39 is 27.6 Å². The Morgan fingerprint density at radius 2 is 1.62 bits per heavy atom. The fourth-order valence-electron chi connectivity index (χ4n) is 3.37. The standard InChI is InChI=1S/C25H20F2N2O3S2/c1-16-6-12-21(13-7-16)29(2)34(31,32)24-22(17-4-3-5-19(27)14-17)15-33-23(24)25(30)28-20-10-8-18(26)9-11-20/h3-15H,1-2H3,(H,28,30). The first kappa shape index (κ1) is 23.6. The van der Waals surface area contributed by atoms with E-state index in [9.17, 15) is 22.0 Å². The third-order valence-corrected chi connectivity index (χ3v) is 8.19. The lowest BCUT2D eigenvalue weighted by molar-refractivity contribution is 0.102. The van der Waals surface area contributed by atoms with Crippen molar-refractivity contribution >= 4 is 38.6 Å². The van der Waals surface area contributed by atoms with Crippen LogP contribution in [0.5, 0.6) is 0 Å². The molecule has 1 aromatic heterocycles. The van der Waals surface area contributed by atoms with Gasteiger partial charge in [0.1, 0.15) is 21.4 Å². The van der Waals surface area contributed by atoms with Crippen LogP contribution in [0.15, 0.2) is 83.1 Å². The molecule has 0 aliphatic rings. The van der Waals surface area contributed by atoms with Gasteiger partial charge < -0.3 is 5.32 Å². The van der Waals surface area contributed by atoms with Gasteiger partial charge in [0.2, 0.25) is 0 Å². The minimum atomic E-state index is -4.23. The smallest absolute Gasteiger partial charge is 0.267 e. The number of amides is 1. The molecule has 34 heavy (non-hydrogen) atoms. The van der Waals surface area contributed by atoms with E-state index in [1.807, 2.05) is 6.92 Å². The SMILES string of the molecule is Cc1ccc(N(C)S(=O)(=O)c2c(-c3cccc(F)c3)csc2C(=O)Nc2ccc(F)cc2)cc1. The number of aryl methyl sites for hydroxylation is 1. The third kappa shape index (κ3) is 4.71. The van der Waals surface area contributed by atoms with Gasteiger partial charge in [0, 0.05) is 23.7 Å². The van der Waals surface area contributed by atoms with Crippen molar-refractivity contribution in [2.45, 2.75) is 11.8 Å². The van der Waals surface area contributed by atoms with E-state index in [1.54, 1.807) is 30.3 Å². The lowest BCUT2D eigenvalue weighted by atomic mass is 10.1. The average Bonchev–Trinajstić information content (AvgIpc) is 3.27. The highest BCUT2D eigenvalue weighted by molar-refractivity contribution is 7.93. The molecule has 5 nitrogen and oxygen atoms in total. The van der Waals surface area contributed by atoms with E-state index in [0.717, 1.165) is 21.2 Å². The average molecular weight is 499 g/mol. The molecule has 1 amide bonds. The molecule has 4 aromatic rings. The molecule has 9 heteroatoms. The summed E-state index contributed by atoms with van der Waals surface area (Å²) in [7, 11) is -2.83. The molecular formula is C25H20F2N2O3S2. The van der Waals surface area contributed by atoms with Gasteiger partial charge in [0.05, 0.1) is 5.69 Å². The van der Waals surface area contributed by atoms with E-state index in [1.165, 1.54) is 54.9 Å². The van der Waals surface area contributed by atoms with Crippen LogP contribution in [0.2, 0.25) is 0 Å². The predicted octanol–water partition coefficient (Wildman–Crippen LogP) is 6.08. The van der Waals surface area contributed by atoms with Gasteiger partial charge in [-0.1, -0.05) is 29.8 Å². The van der Waals surface area contributed by atoms with Crippen LogP contribution >= 0.6 is 11.3 Å². The lowest BCUT2D eigenvalue weighted by Gasteiger charge is -2.21. The van der Waals surface area contributed by atoms with Crippen molar-refractivity contribution in [3.8, 4) is 11.1 Å². The molecule has 0 spiro atoms. The number of nitrogens with zero attached hydrogens (tertiary/aromatic N) is 1. The van der Waals surface area contributed by atoms with Crippen LogP contribution in [-0.2, 0) is 10.0 Å². The van der Waals surface area contributed by atoms with Gasteiger partial charge in [-0.3, -0.25) is 9.10 Å². The van der Waals surface area contributed by atoms with E-state index in [0.29, 0.717) is 16.9 Å². The van der Waals surface area contributed by atoms with Crippen LogP contribution < -0.4 is 9.62 Å². The largest absolute Gasteiger partial charge is 0.321 e. The molecule has 0 atom stereocenters. The quantitative estimate of drug-likeness (QED) is 0.350. The summed E-state index contributed by atoms with van der Waals surface area (Å²) >= 11 is 0.935. The van der Waals surface area contributed by atoms with Crippen molar-refractivity contribution in [1.29, 1.82) is 0 Å². The Bertz CT molecular complexity index is 1450. The maximum Gasteiger partial charge on any atom is 0.267 e. The minimum Gasteiger partial charge on any atom is -0.321 e. The number of hydrogen-bond acceptors (Lipinski definition) is 4. The summed E-state index contributed by atoms with van der Waals surface area (Å²) in [6.45, 7) is 1.89. The van der Waals surface area contributed by atoms with Gasteiger partial charge in [-0.2, -0.15) is 0 Å². The summed E-state index contributed by atoms with van der Waals surface area (Å²) in [4.78, 5) is 12.8. The number of carbonyl (C=O) groups is 1. The highest BCUT2D eigenvalue weighted by Crippen LogP contribution is 2.38. The number of nitrogens with one attached hydrogen (secondary N) is 1. The summed E-state index contributed by atoms with van der Waals surface area (Å²) in [6.07, 6.45) is 0. The molecule has 0 radical (unpaired) electrons. The third-order valence-electron chi connectivity index (χ3n) is 5.21. The van der Waals surface area contributed by atoms with Gasteiger partial charge in [-0.05, 0) is 61.0 Å². The summed E-state index contributed by atoms with van der Waals surface area (Å²) in [5.41, 5.74) is 2.22. The Labute approximate surface area is 200 Å². The van der Waals surface area contributed by atoms with Crippen LogP contribution in [0.25, 0.3) is 11.1 Å². The van der Waals surface area contributed by atoms with Crippen molar-refractivity contribution in [2.24, 2.45) is 0 Å². The van der Waals surface area contributed by atoms with Gasteiger partial charge in [0.15, 0.2) is 0 Å². The molecule has 1 heterocycles. The molecule has 0 aliphatic heterocycles. The summed E-state index contributed by atoms with van der Waals surface area (Å²) in [6, 6.07) is 17.5. The Hall–Kier alpha value is -3.56. The maximum absolute atomic E-state index is 14.0. The number of sulfonamides is 1. The van der Waals surface area contributed by atoms with E-state index in [2.05, 4.69) is 5.32 Å². The van der Waals surface area contributed by atoms with Crippen LogP contribution in [0.4, 0.5) is 20.2 Å². The highest BCUT2D eigenvalue weighted by Gasteiger charge is 2.33. The van der Waals surface area contributed by atoms with Crippen molar-refractivity contribution in [3.05, 3.63) is 100 Å². The number of hydrogen-bond donors (Lipinski definition) is 1. The van der Waals surface area contributed by atoms with Crippen LogP contribution in [0.1, 0.15) is 15.2 Å². The molecular weight excluding hydrogens is 478 g/mol. The fraction of sp³-hybridized carbons (Fsp3) is 0.0800. The van der Waals surface area contributed by atoms with Crippen LogP contribution in [0.3, 0.4) is 0 Å². The molecule has 0 saturated heterocycles. The van der Waals surface area contributed by atoms with Gasteiger partial charge >= 0.3 is 0 Å². The van der Waals surface area contributed by atoms with Crippen molar-refractivity contribution < 1.29 is 22.0 Å². The Morgan fingerprint density at radius 3 is 2.26 bits per heavy atom. The molecule has 0 aliphatic carbocycles. The second-order valence-corrected chi connectivity index (χ2v) is 10.4. The monoisotopic (exact) mass is 498 g/mol. The number of thiophene rings is 1. The zero-order valence-electron chi connectivity index (χ0n) is 18.2. The van der Waals surface area contributed by atoms with Crippen LogP contribution in [-0.4, -0.2) is 21.4 Å². The van der Waals surface area contributed by atoms with Gasteiger partial charge in [0.25, 0.3) is 15.9 Å². The normalized spacial score (nSPS) is 11.3. The van der Waals surface area contributed by atoms with Gasteiger partial charge in [-0.25, -0.2) is 17.2 Å². The molecule has 0 fully saturated rings. The second kappa shape index (κ2) is 9.36. The maximum atomic E-state index is 14.0. The summed E-state index contributed by atoms with van der Waals surface area (Å²) in [5.74, 6) is -1.67. The Kier molecular flexibility index (Phi) is 6.49. The van der Waals surface area contributed by atoms with E-state index in [4.69, 9.17) is 0 Å². The number of rotatable bonds is 6. The van der Waals surface area contributed by atoms with E-state index >= 15 is 0 Å². The lowest BCUT2D eigenvalue weighted by Crippen LogP contribution is -2.28. The first-order valence-electron chi connectivity index (χ1n) is 10.2. The molecule has 4 rings (SSSR count). The molecule has 1 N–H and O–H groups in total. The fourth-order valence-corrected chi connectivity index (χ4v) is 6.22. The molecule has 0 bridgehead atoms. The topological polar surface area (TPSA) is 66.5 Å². The number of carbonyl (C=O) groups excluding carboxylic acids is 1. The highest BCUT2D eigenvalue weighted by atomic mass is 32.2. The Balaban J connectivity index is 1.83.